The third-order valence-electron chi connectivity index (χ3n) is 5.26. The summed E-state index contributed by atoms with van der Waals surface area (Å²) in [6.07, 6.45) is 21.9. The van der Waals surface area contributed by atoms with Crippen LogP contribution < -0.4 is 11.5 Å². The maximum absolute atomic E-state index is 5.44. The summed E-state index contributed by atoms with van der Waals surface area (Å²) < 4.78 is 0. The van der Waals surface area contributed by atoms with Gasteiger partial charge in [-0.3, -0.25) is 0 Å². The van der Waals surface area contributed by atoms with Crippen molar-refractivity contribution < 1.29 is 0 Å². The van der Waals surface area contributed by atoms with Gasteiger partial charge in [0.25, 0.3) is 0 Å². The van der Waals surface area contributed by atoms with Gasteiger partial charge in [0.2, 0.25) is 0 Å². The zero-order valence-electron chi connectivity index (χ0n) is 21.9. The standard InChI is InChI=1S/2C13H29N.K/c2*1-13(2,3)11-9-7-5-4-6-8-10-12-14;/h2*4-12,14H2,1-3H3;. The zero-order chi connectivity index (χ0) is 21.7. The SMILES string of the molecule is CC(C)(C)CCCCCCCCCN.CC(C)(C)CCCCCCCCCN.[K]. The average molecular weight is 438 g/mol. The van der Waals surface area contributed by atoms with E-state index in [1.165, 1.54) is 103 Å². The molecule has 173 valence electrons. The van der Waals surface area contributed by atoms with Gasteiger partial charge < -0.3 is 11.5 Å². The first-order chi connectivity index (χ1) is 13.1. The summed E-state index contributed by atoms with van der Waals surface area (Å²) in [6.45, 7) is 15.7. The number of rotatable bonds is 16. The second-order valence-corrected chi connectivity index (χ2v) is 11.1. The predicted octanol–water partition coefficient (Wildman–Crippen LogP) is 7.84. The van der Waals surface area contributed by atoms with Crippen LogP contribution in [0.1, 0.15) is 144 Å². The van der Waals surface area contributed by atoms with Crippen molar-refractivity contribution >= 4 is 51.4 Å². The Kier molecular flexibility index (Phi) is 29.3. The van der Waals surface area contributed by atoms with Crippen molar-refractivity contribution in [3.8, 4) is 0 Å². The average Bonchev–Trinajstić information content (AvgIpc) is 2.58. The normalized spacial score (nSPS) is 11.6. The molecule has 29 heavy (non-hydrogen) atoms. The Morgan fingerprint density at radius 3 is 0.793 bits per heavy atom. The van der Waals surface area contributed by atoms with Gasteiger partial charge in [-0.15, -0.1) is 0 Å². The molecule has 0 aliphatic heterocycles. The molecule has 0 amide bonds. The first-order valence-electron chi connectivity index (χ1n) is 12.5. The minimum Gasteiger partial charge on any atom is -0.330 e. The molecule has 0 unspecified atom stereocenters. The third kappa shape index (κ3) is 40.4. The molecule has 0 spiro atoms. The van der Waals surface area contributed by atoms with Crippen molar-refractivity contribution in [3.63, 3.8) is 0 Å². The van der Waals surface area contributed by atoms with E-state index in [-0.39, 0.29) is 51.4 Å². The molecule has 0 aromatic heterocycles. The number of unbranched alkanes of at least 4 members (excludes halogenated alkanes) is 12. The smallest absolute Gasteiger partial charge is 0 e. The Morgan fingerprint density at radius 1 is 0.379 bits per heavy atom. The molecule has 3 heteroatoms. The Hall–Kier alpha value is 1.56. The molecule has 0 rings (SSSR count). The molecule has 0 aromatic carbocycles. The summed E-state index contributed by atoms with van der Waals surface area (Å²) in [7, 11) is 0. The van der Waals surface area contributed by atoms with Gasteiger partial charge in [0.15, 0.2) is 0 Å². The van der Waals surface area contributed by atoms with Crippen LogP contribution in [0.25, 0.3) is 0 Å². The zero-order valence-corrected chi connectivity index (χ0v) is 25.0. The Labute approximate surface area is 228 Å². The van der Waals surface area contributed by atoms with Gasteiger partial charge in [-0.05, 0) is 49.6 Å². The molecule has 0 aliphatic rings. The van der Waals surface area contributed by atoms with E-state index in [2.05, 4.69) is 41.5 Å². The van der Waals surface area contributed by atoms with E-state index < -0.39 is 0 Å². The third-order valence-corrected chi connectivity index (χ3v) is 5.26. The van der Waals surface area contributed by atoms with Crippen LogP contribution in [0.4, 0.5) is 0 Å². The summed E-state index contributed by atoms with van der Waals surface area (Å²) in [5.41, 5.74) is 11.9. The molecule has 0 aromatic rings. The number of nitrogens with two attached hydrogens (primary N) is 2. The molecule has 0 bridgehead atoms. The summed E-state index contributed by atoms with van der Waals surface area (Å²) >= 11 is 0. The molecule has 1 radical (unpaired) electrons. The molecule has 0 aliphatic carbocycles. The van der Waals surface area contributed by atoms with Crippen LogP contribution in [0.5, 0.6) is 0 Å². The van der Waals surface area contributed by atoms with Crippen molar-refractivity contribution in [3.05, 3.63) is 0 Å². The topological polar surface area (TPSA) is 52.0 Å². The first-order valence-corrected chi connectivity index (χ1v) is 12.5. The van der Waals surface area contributed by atoms with Gasteiger partial charge in [-0.2, -0.15) is 0 Å². The fourth-order valence-electron chi connectivity index (χ4n) is 3.37. The maximum atomic E-state index is 5.44. The minimum atomic E-state index is 0. The van der Waals surface area contributed by atoms with Crippen LogP contribution in [-0.4, -0.2) is 64.5 Å². The minimum absolute atomic E-state index is 0. The molecule has 0 atom stereocenters. The number of hydrogen-bond acceptors (Lipinski definition) is 2. The molecule has 0 heterocycles. The van der Waals surface area contributed by atoms with Gasteiger partial charge in [0, 0.05) is 51.4 Å². The van der Waals surface area contributed by atoms with Crippen molar-refractivity contribution in [2.24, 2.45) is 22.3 Å². The van der Waals surface area contributed by atoms with Crippen molar-refractivity contribution in [1.29, 1.82) is 0 Å². The van der Waals surface area contributed by atoms with Crippen LogP contribution in [0.15, 0.2) is 0 Å². The molecule has 0 saturated heterocycles. The first kappa shape index (κ1) is 35.2. The summed E-state index contributed by atoms with van der Waals surface area (Å²) in [6, 6.07) is 0. The van der Waals surface area contributed by atoms with Gasteiger partial charge in [-0.1, -0.05) is 119 Å². The Balaban J connectivity index is -0.000000451. The Morgan fingerprint density at radius 2 is 0.586 bits per heavy atom. The monoisotopic (exact) mass is 437 g/mol. The van der Waals surface area contributed by atoms with E-state index in [1.807, 2.05) is 0 Å². The van der Waals surface area contributed by atoms with E-state index in [9.17, 15) is 0 Å². The Bertz CT molecular complexity index is 262. The van der Waals surface area contributed by atoms with Gasteiger partial charge in [-0.25, -0.2) is 0 Å². The van der Waals surface area contributed by atoms with Crippen LogP contribution in [0.2, 0.25) is 0 Å². The molecule has 0 saturated carbocycles. The van der Waals surface area contributed by atoms with Gasteiger partial charge in [0.1, 0.15) is 0 Å². The van der Waals surface area contributed by atoms with E-state index in [0.717, 1.165) is 13.1 Å². The molecule has 0 fully saturated rings. The van der Waals surface area contributed by atoms with Crippen LogP contribution in [0.3, 0.4) is 0 Å². The fraction of sp³-hybridized carbons (Fsp3) is 1.00. The van der Waals surface area contributed by atoms with Crippen LogP contribution in [0, 0.1) is 10.8 Å². The van der Waals surface area contributed by atoms with Crippen molar-refractivity contribution in [2.75, 3.05) is 13.1 Å². The summed E-state index contributed by atoms with van der Waals surface area (Å²) in [4.78, 5) is 0. The molecule has 4 N–H and O–H groups in total. The summed E-state index contributed by atoms with van der Waals surface area (Å²) in [5, 5.41) is 0. The molecular formula is C26H58KN2. The quantitative estimate of drug-likeness (QED) is 0.191. The van der Waals surface area contributed by atoms with E-state index in [0.29, 0.717) is 10.8 Å². The largest absolute Gasteiger partial charge is 0.330 e. The van der Waals surface area contributed by atoms with Crippen LogP contribution in [-0.2, 0) is 0 Å². The second kappa shape index (κ2) is 24.2. The second-order valence-electron chi connectivity index (χ2n) is 11.1. The summed E-state index contributed by atoms with van der Waals surface area (Å²) in [5.74, 6) is 0. The van der Waals surface area contributed by atoms with Gasteiger partial charge >= 0.3 is 0 Å². The fourth-order valence-corrected chi connectivity index (χ4v) is 3.37. The van der Waals surface area contributed by atoms with Crippen molar-refractivity contribution in [1.82, 2.24) is 0 Å². The maximum Gasteiger partial charge on any atom is 0 e. The van der Waals surface area contributed by atoms with E-state index in [1.54, 1.807) is 0 Å². The van der Waals surface area contributed by atoms with E-state index in [4.69, 9.17) is 11.5 Å². The predicted molar refractivity (Wildman–Crippen MR) is 137 cm³/mol. The van der Waals surface area contributed by atoms with Crippen molar-refractivity contribution in [2.45, 2.75) is 144 Å². The number of hydrogen-bond donors (Lipinski definition) is 2. The van der Waals surface area contributed by atoms with Gasteiger partial charge in [0.05, 0.1) is 0 Å². The van der Waals surface area contributed by atoms with E-state index >= 15 is 0 Å². The molecular weight excluding hydrogens is 379 g/mol. The molecule has 2 nitrogen and oxygen atoms in total. The van der Waals surface area contributed by atoms with Crippen LogP contribution >= 0.6 is 0 Å².